The van der Waals surface area contributed by atoms with Gasteiger partial charge >= 0.3 is 0 Å². The third-order valence-corrected chi connectivity index (χ3v) is 7.48. The Balaban J connectivity index is 1.40. The number of aromatic nitrogens is 3. The molecule has 0 atom stereocenters. The van der Waals surface area contributed by atoms with Crippen molar-refractivity contribution < 1.29 is 4.42 Å². The zero-order chi connectivity index (χ0) is 26.5. The number of oxazole rings is 1. The van der Waals surface area contributed by atoms with Gasteiger partial charge in [0.05, 0.1) is 16.7 Å². The smallest absolute Gasteiger partial charge is 0.227 e. The molecule has 0 bridgehead atoms. The van der Waals surface area contributed by atoms with Crippen molar-refractivity contribution in [1.29, 1.82) is 0 Å². The Morgan fingerprint density at radius 2 is 1.25 bits per heavy atom. The van der Waals surface area contributed by atoms with Crippen LogP contribution in [0.3, 0.4) is 0 Å². The molecule has 8 rings (SSSR count). The Labute approximate surface area is 230 Å². The molecule has 0 radical (unpaired) electrons. The van der Waals surface area contributed by atoms with Crippen molar-refractivity contribution in [2.24, 2.45) is 0 Å². The first-order valence-corrected chi connectivity index (χ1v) is 13.3. The molecule has 5 aromatic carbocycles. The number of pyridine rings is 1. The van der Waals surface area contributed by atoms with Crippen LogP contribution in [0.5, 0.6) is 0 Å². The zero-order valence-corrected chi connectivity index (χ0v) is 21.5. The van der Waals surface area contributed by atoms with Crippen molar-refractivity contribution >= 4 is 32.9 Å². The fraction of sp³-hybridized carbons (Fsp3) is 0. The topological polar surface area (TPSA) is 43.9 Å². The molecule has 8 aromatic rings. The van der Waals surface area contributed by atoms with E-state index in [1.165, 1.54) is 21.9 Å². The van der Waals surface area contributed by atoms with Crippen molar-refractivity contribution in [2.45, 2.75) is 0 Å². The van der Waals surface area contributed by atoms with E-state index < -0.39 is 0 Å². The quantitative estimate of drug-likeness (QED) is 0.235. The number of hydrogen-bond donors (Lipinski definition) is 0. The van der Waals surface area contributed by atoms with Crippen LogP contribution in [0.2, 0.25) is 0 Å². The molecule has 3 aromatic heterocycles. The van der Waals surface area contributed by atoms with E-state index in [-0.39, 0.29) is 0 Å². The summed E-state index contributed by atoms with van der Waals surface area (Å²) in [6.07, 6.45) is 1.83. The van der Waals surface area contributed by atoms with E-state index >= 15 is 0 Å². The second-order valence-electron chi connectivity index (χ2n) is 9.92. The fourth-order valence-electron chi connectivity index (χ4n) is 5.57. The molecule has 0 aliphatic rings. The van der Waals surface area contributed by atoms with Crippen molar-refractivity contribution in [3.05, 3.63) is 140 Å². The molecule has 0 saturated heterocycles. The Bertz CT molecular complexity index is 2130. The van der Waals surface area contributed by atoms with Gasteiger partial charge in [-0.05, 0) is 65.7 Å². The predicted octanol–water partition coefficient (Wildman–Crippen LogP) is 9.32. The van der Waals surface area contributed by atoms with Crippen LogP contribution in [-0.4, -0.2) is 14.5 Å². The Morgan fingerprint density at radius 3 is 2.05 bits per heavy atom. The van der Waals surface area contributed by atoms with Crippen molar-refractivity contribution in [2.75, 3.05) is 0 Å². The Hall–Kier alpha value is -5.48. The third kappa shape index (κ3) is 3.69. The number of fused-ring (bicyclic) bond motifs is 4. The van der Waals surface area contributed by atoms with E-state index in [0.29, 0.717) is 5.89 Å². The summed E-state index contributed by atoms with van der Waals surface area (Å²) in [7, 11) is 0. The molecule has 0 saturated carbocycles. The lowest BCUT2D eigenvalue weighted by Crippen LogP contribution is -1.95. The largest absolute Gasteiger partial charge is 0.436 e. The SMILES string of the molecule is c1ccc(-c2ccc3c4ccc(-c5nc6ccccc6o5)cc4n(-c4cccc(-c5ccccn5)c4)c3c2)cc1. The molecule has 0 aliphatic carbocycles. The third-order valence-electron chi connectivity index (χ3n) is 7.48. The van der Waals surface area contributed by atoms with Gasteiger partial charge in [-0.1, -0.05) is 78.9 Å². The average Bonchev–Trinajstić information content (AvgIpc) is 3.61. The van der Waals surface area contributed by atoms with Gasteiger partial charge in [-0.15, -0.1) is 0 Å². The van der Waals surface area contributed by atoms with Crippen LogP contribution >= 0.6 is 0 Å². The zero-order valence-electron chi connectivity index (χ0n) is 21.5. The summed E-state index contributed by atoms with van der Waals surface area (Å²) in [5, 5.41) is 2.37. The maximum absolute atomic E-state index is 6.15. The van der Waals surface area contributed by atoms with E-state index in [0.717, 1.165) is 44.6 Å². The highest BCUT2D eigenvalue weighted by molar-refractivity contribution is 6.11. The van der Waals surface area contributed by atoms with Crippen LogP contribution in [0.1, 0.15) is 0 Å². The van der Waals surface area contributed by atoms with E-state index in [1.807, 2.05) is 48.7 Å². The van der Waals surface area contributed by atoms with E-state index in [1.54, 1.807) is 0 Å². The van der Waals surface area contributed by atoms with Gasteiger partial charge in [0.1, 0.15) is 5.52 Å². The van der Waals surface area contributed by atoms with Crippen molar-refractivity contribution in [3.8, 4) is 39.5 Å². The highest BCUT2D eigenvalue weighted by Crippen LogP contribution is 2.37. The molecule has 3 heterocycles. The Kier molecular flexibility index (Phi) is 5.10. The van der Waals surface area contributed by atoms with Crippen LogP contribution in [0, 0.1) is 0 Å². The second kappa shape index (κ2) is 9.07. The van der Waals surface area contributed by atoms with Gasteiger partial charge in [0.15, 0.2) is 5.58 Å². The van der Waals surface area contributed by atoms with Crippen LogP contribution in [0.4, 0.5) is 0 Å². The van der Waals surface area contributed by atoms with Gasteiger partial charge in [-0.25, -0.2) is 4.98 Å². The molecule has 0 unspecified atom stereocenters. The minimum absolute atomic E-state index is 0.618. The first kappa shape index (κ1) is 22.5. The first-order chi connectivity index (χ1) is 19.8. The summed E-state index contributed by atoms with van der Waals surface area (Å²) >= 11 is 0. The maximum atomic E-state index is 6.15. The normalized spacial score (nSPS) is 11.5. The molecule has 0 amide bonds. The molecule has 0 spiro atoms. The number of para-hydroxylation sites is 2. The lowest BCUT2D eigenvalue weighted by atomic mass is 10.0. The van der Waals surface area contributed by atoms with E-state index in [4.69, 9.17) is 9.40 Å². The average molecular weight is 514 g/mol. The van der Waals surface area contributed by atoms with Gasteiger partial charge in [0.2, 0.25) is 5.89 Å². The van der Waals surface area contributed by atoms with Crippen LogP contribution in [0.25, 0.3) is 72.4 Å². The highest BCUT2D eigenvalue weighted by Gasteiger charge is 2.17. The summed E-state index contributed by atoms with van der Waals surface area (Å²) in [6.45, 7) is 0. The van der Waals surface area contributed by atoms with E-state index in [2.05, 4.69) is 101 Å². The summed E-state index contributed by atoms with van der Waals surface area (Å²) < 4.78 is 8.49. The lowest BCUT2D eigenvalue weighted by Gasteiger charge is -2.11. The molecule has 188 valence electrons. The van der Waals surface area contributed by atoms with Crippen LogP contribution in [-0.2, 0) is 0 Å². The van der Waals surface area contributed by atoms with Gasteiger partial charge in [-0.2, -0.15) is 0 Å². The molecular formula is C36H23N3O. The molecule has 0 fully saturated rings. The molecular weight excluding hydrogens is 490 g/mol. The number of hydrogen-bond acceptors (Lipinski definition) is 3. The second-order valence-corrected chi connectivity index (χ2v) is 9.92. The molecule has 0 N–H and O–H groups in total. The van der Waals surface area contributed by atoms with Crippen molar-refractivity contribution in [3.63, 3.8) is 0 Å². The van der Waals surface area contributed by atoms with Gasteiger partial charge in [0, 0.05) is 33.8 Å². The van der Waals surface area contributed by atoms with Gasteiger partial charge in [-0.3, -0.25) is 4.98 Å². The van der Waals surface area contributed by atoms with E-state index in [9.17, 15) is 0 Å². The van der Waals surface area contributed by atoms with Gasteiger partial charge < -0.3 is 8.98 Å². The first-order valence-electron chi connectivity index (χ1n) is 13.3. The molecule has 4 heteroatoms. The molecule has 0 aliphatic heterocycles. The standard InChI is InChI=1S/C36H23N3O/c1-2-9-24(10-3-1)25-16-18-29-30-19-17-27(36-38-32-14-4-5-15-35(32)40-36)23-34(30)39(33(29)22-25)28-12-8-11-26(21-28)31-13-6-7-20-37-31/h1-23H. The number of rotatable bonds is 4. The monoisotopic (exact) mass is 513 g/mol. The lowest BCUT2D eigenvalue weighted by molar-refractivity contribution is 0.620. The summed E-state index contributed by atoms with van der Waals surface area (Å²) in [4.78, 5) is 9.36. The maximum Gasteiger partial charge on any atom is 0.227 e. The summed E-state index contributed by atoms with van der Waals surface area (Å²) in [5.41, 5.74) is 10.3. The molecule has 40 heavy (non-hydrogen) atoms. The number of benzene rings is 5. The predicted molar refractivity (Wildman–Crippen MR) is 162 cm³/mol. The number of nitrogens with zero attached hydrogens (tertiary/aromatic N) is 3. The van der Waals surface area contributed by atoms with Crippen molar-refractivity contribution in [1.82, 2.24) is 14.5 Å². The summed E-state index contributed by atoms with van der Waals surface area (Å²) in [5.74, 6) is 0.618. The van der Waals surface area contributed by atoms with Crippen LogP contribution < -0.4 is 0 Å². The van der Waals surface area contributed by atoms with Crippen LogP contribution in [0.15, 0.2) is 144 Å². The van der Waals surface area contributed by atoms with Gasteiger partial charge in [0.25, 0.3) is 0 Å². The minimum Gasteiger partial charge on any atom is -0.436 e. The highest BCUT2D eigenvalue weighted by atomic mass is 16.3. The summed E-state index contributed by atoms with van der Waals surface area (Å²) in [6, 6.07) is 46.2. The fourth-order valence-corrected chi connectivity index (χ4v) is 5.57. The Morgan fingerprint density at radius 1 is 0.525 bits per heavy atom. The minimum atomic E-state index is 0.618. The molecule has 4 nitrogen and oxygen atoms in total.